The van der Waals surface area contributed by atoms with Gasteiger partial charge in [-0.15, -0.1) is 0 Å². The van der Waals surface area contributed by atoms with Crippen LogP contribution >= 0.6 is 12.2 Å². The third kappa shape index (κ3) is 1.83. The lowest BCUT2D eigenvalue weighted by atomic mass is 10.1. The fourth-order valence-electron chi connectivity index (χ4n) is 1.69. The monoisotopic (exact) mass is 248 g/mol. The molecule has 2 N–H and O–H groups in total. The average Bonchev–Trinajstić information content (AvgIpc) is 2.74. The van der Waals surface area contributed by atoms with Crippen molar-refractivity contribution in [2.75, 3.05) is 6.79 Å². The minimum absolute atomic E-state index is 0.226. The molecule has 1 aromatic heterocycles. The molecule has 0 unspecified atom stereocenters. The summed E-state index contributed by atoms with van der Waals surface area (Å²) < 4.78 is 10.8. The maximum Gasteiger partial charge on any atom is 0.252 e. The summed E-state index contributed by atoms with van der Waals surface area (Å²) in [4.78, 5) is 16.7. The molecular weight excluding hydrogens is 240 g/mol. The molecule has 0 radical (unpaired) electrons. The smallest absolute Gasteiger partial charge is 0.252 e. The van der Waals surface area contributed by atoms with Crippen LogP contribution in [0.5, 0.6) is 11.5 Å². The summed E-state index contributed by atoms with van der Waals surface area (Å²) in [6.45, 7) is 0.226. The Morgan fingerprint density at radius 2 is 1.94 bits per heavy atom. The van der Waals surface area contributed by atoms with Gasteiger partial charge in [-0.05, 0) is 30.4 Å². The van der Waals surface area contributed by atoms with Gasteiger partial charge in [-0.1, -0.05) is 0 Å². The zero-order valence-electron chi connectivity index (χ0n) is 8.65. The van der Waals surface area contributed by atoms with Gasteiger partial charge >= 0.3 is 0 Å². The van der Waals surface area contributed by atoms with Crippen LogP contribution in [0.4, 0.5) is 0 Å². The lowest BCUT2D eigenvalue weighted by molar-refractivity contribution is 0.174. The largest absolute Gasteiger partial charge is 0.454 e. The van der Waals surface area contributed by atoms with E-state index in [1.807, 2.05) is 12.1 Å². The molecule has 1 aromatic carbocycles. The van der Waals surface area contributed by atoms with Crippen molar-refractivity contribution in [1.29, 1.82) is 0 Å². The summed E-state index contributed by atoms with van der Waals surface area (Å²) in [7, 11) is 0. The summed E-state index contributed by atoms with van der Waals surface area (Å²) in [5.74, 6) is 1.37. The van der Waals surface area contributed by atoms with Crippen LogP contribution in [0.25, 0.3) is 11.3 Å². The average molecular weight is 248 g/mol. The number of hydrogen-bond donors (Lipinski definition) is 2. The molecular formula is C11H8N2O3S. The number of hydrogen-bond acceptors (Lipinski definition) is 4. The molecule has 0 saturated carbocycles. The van der Waals surface area contributed by atoms with Crippen molar-refractivity contribution in [1.82, 2.24) is 9.97 Å². The maximum absolute atomic E-state index is 11.3. The first-order valence-electron chi connectivity index (χ1n) is 4.96. The van der Waals surface area contributed by atoms with Gasteiger partial charge in [-0.25, -0.2) is 0 Å². The van der Waals surface area contributed by atoms with Crippen LogP contribution in [-0.2, 0) is 0 Å². The highest BCUT2D eigenvalue weighted by Crippen LogP contribution is 2.34. The molecule has 5 nitrogen and oxygen atoms in total. The predicted molar refractivity (Wildman–Crippen MR) is 63.8 cm³/mol. The molecule has 0 amide bonds. The second kappa shape index (κ2) is 3.74. The molecule has 0 saturated heterocycles. The Kier molecular flexibility index (Phi) is 2.22. The number of benzene rings is 1. The zero-order chi connectivity index (χ0) is 11.8. The molecule has 6 heteroatoms. The molecule has 2 heterocycles. The molecule has 1 aliphatic rings. The number of ether oxygens (including phenoxy) is 2. The van der Waals surface area contributed by atoms with Crippen LogP contribution < -0.4 is 15.0 Å². The lowest BCUT2D eigenvalue weighted by Crippen LogP contribution is -2.06. The van der Waals surface area contributed by atoms with Crippen molar-refractivity contribution < 1.29 is 9.47 Å². The Morgan fingerprint density at radius 3 is 2.76 bits per heavy atom. The van der Waals surface area contributed by atoms with Crippen molar-refractivity contribution in [2.24, 2.45) is 0 Å². The Labute approximate surface area is 101 Å². The number of nitrogens with one attached hydrogen (secondary N) is 2. The molecule has 3 rings (SSSR count). The number of aromatic nitrogens is 2. The highest BCUT2D eigenvalue weighted by atomic mass is 32.1. The van der Waals surface area contributed by atoms with E-state index < -0.39 is 0 Å². The predicted octanol–water partition coefficient (Wildman–Crippen LogP) is 1.83. The van der Waals surface area contributed by atoms with Gasteiger partial charge in [0.05, 0.1) is 5.69 Å². The van der Waals surface area contributed by atoms with E-state index in [4.69, 9.17) is 21.7 Å². The lowest BCUT2D eigenvalue weighted by Gasteiger charge is -2.02. The van der Waals surface area contributed by atoms with E-state index >= 15 is 0 Å². The first kappa shape index (κ1) is 10.1. The van der Waals surface area contributed by atoms with Gasteiger partial charge in [0, 0.05) is 11.6 Å². The van der Waals surface area contributed by atoms with E-state index in [1.165, 1.54) is 6.07 Å². The number of fused-ring (bicyclic) bond motifs is 1. The summed E-state index contributed by atoms with van der Waals surface area (Å²) >= 11 is 4.92. The fraction of sp³-hybridized carbons (Fsp3) is 0.0909. The SMILES string of the molecule is O=c1cc(-c2ccc3c(c2)OCO3)[nH]c(=S)[nH]1. The number of H-pyrrole nitrogens is 2. The molecule has 0 fully saturated rings. The van der Waals surface area contributed by atoms with Crippen LogP contribution in [0.15, 0.2) is 29.1 Å². The molecule has 0 atom stereocenters. The third-order valence-electron chi connectivity index (χ3n) is 2.44. The summed E-state index contributed by atoms with van der Waals surface area (Å²) in [5, 5.41) is 0. The topological polar surface area (TPSA) is 67.1 Å². The van der Waals surface area contributed by atoms with E-state index in [0.29, 0.717) is 22.0 Å². The third-order valence-corrected chi connectivity index (χ3v) is 2.65. The molecule has 17 heavy (non-hydrogen) atoms. The molecule has 1 aliphatic heterocycles. The normalized spacial score (nSPS) is 12.7. The van der Waals surface area contributed by atoms with Crippen molar-refractivity contribution in [2.45, 2.75) is 0 Å². The number of rotatable bonds is 1. The Morgan fingerprint density at radius 1 is 1.12 bits per heavy atom. The standard InChI is InChI=1S/C11H8N2O3S/c14-10-4-7(12-11(17)13-10)6-1-2-8-9(3-6)16-5-15-8/h1-4H,5H2,(H2,12,13,14,17). The van der Waals surface area contributed by atoms with Gasteiger partial charge in [0.15, 0.2) is 16.3 Å². The van der Waals surface area contributed by atoms with Crippen LogP contribution in [0.3, 0.4) is 0 Å². The quantitative estimate of drug-likeness (QED) is 0.755. The molecule has 0 bridgehead atoms. The Balaban J connectivity index is 2.15. The second-order valence-corrected chi connectivity index (χ2v) is 3.98. The van der Waals surface area contributed by atoms with Crippen molar-refractivity contribution in [3.8, 4) is 22.8 Å². The van der Waals surface area contributed by atoms with Gasteiger partial charge in [-0.2, -0.15) is 0 Å². The van der Waals surface area contributed by atoms with Gasteiger partial charge in [-0.3, -0.25) is 9.78 Å². The van der Waals surface area contributed by atoms with Crippen LogP contribution in [-0.4, -0.2) is 16.8 Å². The van der Waals surface area contributed by atoms with Crippen LogP contribution in [0.2, 0.25) is 0 Å². The van der Waals surface area contributed by atoms with E-state index in [9.17, 15) is 4.79 Å². The molecule has 0 spiro atoms. The molecule has 86 valence electrons. The summed E-state index contributed by atoms with van der Waals surface area (Å²) in [6, 6.07) is 6.90. The Bertz CT molecular complexity index is 661. The minimum atomic E-state index is -0.235. The van der Waals surface area contributed by atoms with Crippen molar-refractivity contribution in [3.05, 3.63) is 39.4 Å². The van der Waals surface area contributed by atoms with Gasteiger partial charge in [0.25, 0.3) is 5.56 Å². The minimum Gasteiger partial charge on any atom is -0.454 e. The second-order valence-electron chi connectivity index (χ2n) is 3.57. The van der Waals surface area contributed by atoms with Crippen molar-refractivity contribution in [3.63, 3.8) is 0 Å². The van der Waals surface area contributed by atoms with E-state index in [-0.39, 0.29) is 12.4 Å². The van der Waals surface area contributed by atoms with E-state index in [1.54, 1.807) is 6.07 Å². The number of aromatic amines is 2. The van der Waals surface area contributed by atoms with Crippen LogP contribution in [0.1, 0.15) is 0 Å². The van der Waals surface area contributed by atoms with E-state index in [2.05, 4.69) is 9.97 Å². The van der Waals surface area contributed by atoms with Crippen molar-refractivity contribution >= 4 is 12.2 Å². The first-order valence-corrected chi connectivity index (χ1v) is 5.37. The van der Waals surface area contributed by atoms with E-state index in [0.717, 1.165) is 5.56 Å². The summed E-state index contributed by atoms with van der Waals surface area (Å²) in [6.07, 6.45) is 0. The molecule has 0 aliphatic carbocycles. The van der Waals surface area contributed by atoms with Gasteiger partial charge in [0.1, 0.15) is 0 Å². The van der Waals surface area contributed by atoms with Gasteiger partial charge in [0.2, 0.25) is 6.79 Å². The fourth-order valence-corrected chi connectivity index (χ4v) is 1.90. The highest BCUT2D eigenvalue weighted by Gasteiger charge is 2.14. The molecule has 2 aromatic rings. The Hall–Kier alpha value is -2.08. The van der Waals surface area contributed by atoms with Gasteiger partial charge < -0.3 is 14.5 Å². The maximum atomic E-state index is 11.3. The zero-order valence-corrected chi connectivity index (χ0v) is 9.47. The highest BCUT2D eigenvalue weighted by molar-refractivity contribution is 7.71. The first-order chi connectivity index (χ1) is 8.22. The summed E-state index contributed by atoms with van der Waals surface area (Å²) in [5.41, 5.74) is 1.24. The van der Waals surface area contributed by atoms with Crippen LogP contribution in [0, 0.1) is 4.77 Å².